The first kappa shape index (κ1) is 22.8. The summed E-state index contributed by atoms with van der Waals surface area (Å²) in [4.78, 5) is 18.6. The average molecular weight is 452 g/mol. The van der Waals surface area contributed by atoms with Gasteiger partial charge in [-0.3, -0.25) is 9.69 Å². The van der Waals surface area contributed by atoms with Crippen molar-refractivity contribution in [3.8, 4) is 0 Å². The number of rotatable bonds is 6. The summed E-state index contributed by atoms with van der Waals surface area (Å²) in [5.41, 5.74) is 2.50. The number of aryl methyl sites for hydroxylation is 1. The summed E-state index contributed by atoms with van der Waals surface area (Å²) in [5, 5.41) is 23.2. The zero-order chi connectivity index (χ0) is 22.9. The molecule has 2 aromatic rings. The number of carbonyl (C=O) groups excluding carboxylic acids is 1. The molecule has 3 N–H and O–H groups in total. The van der Waals surface area contributed by atoms with Crippen molar-refractivity contribution in [2.24, 2.45) is 5.92 Å². The van der Waals surface area contributed by atoms with Gasteiger partial charge in [0.25, 0.3) is 5.91 Å². The van der Waals surface area contributed by atoms with Gasteiger partial charge in [0, 0.05) is 45.3 Å². The third-order valence-corrected chi connectivity index (χ3v) is 6.26. The van der Waals surface area contributed by atoms with Crippen LogP contribution in [0.4, 0.5) is 13.2 Å². The van der Waals surface area contributed by atoms with E-state index in [9.17, 15) is 28.2 Å². The number of nitrogens with zero attached hydrogens (tertiary/aromatic N) is 3. The van der Waals surface area contributed by atoms with Gasteiger partial charge < -0.3 is 20.1 Å². The van der Waals surface area contributed by atoms with Crippen molar-refractivity contribution < 1.29 is 28.2 Å². The molecule has 0 radical (unpaired) electrons. The second-order valence-corrected chi connectivity index (χ2v) is 8.57. The molecule has 3 heterocycles. The Hall–Kier alpha value is -2.43. The molecule has 0 spiro atoms. The zero-order valence-corrected chi connectivity index (χ0v) is 17.6. The molecule has 0 fully saturated rings. The number of nitrogens with one attached hydrogen (secondary N) is 1. The van der Waals surface area contributed by atoms with E-state index in [0.29, 0.717) is 12.4 Å². The number of hydrogen-bond donors (Lipinski definition) is 3. The number of benzene rings is 1. The van der Waals surface area contributed by atoms with E-state index in [1.807, 2.05) is 18.2 Å². The van der Waals surface area contributed by atoms with Gasteiger partial charge in [-0.2, -0.15) is 13.2 Å². The first-order valence-corrected chi connectivity index (χ1v) is 10.8. The lowest BCUT2D eigenvalue weighted by atomic mass is 9.99. The molecular weight excluding hydrogens is 425 g/mol. The fourth-order valence-corrected chi connectivity index (χ4v) is 4.34. The minimum absolute atomic E-state index is 0.0113. The number of carbonyl (C=O) groups is 1. The minimum atomic E-state index is -4.28. The number of aliphatic hydroxyl groups is 2. The summed E-state index contributed by atoms with van der Waals surface area (Å²) < 4.78 is 40.2. The highest BCUT2D eigenvalue weighted by atomic mass is 19.4. The fraction of sp³-hybridized carbons (Fsp3) is 0.545. The molecule has 3 atom stereocenters. The molecular formula is C22H27F3N4O3. The van der Waals surface area contributed by atoms with Crippen LogP contribution in [-0.2, 0) is 25.9 Å². The van der Waals surface area contributed by atoms with Crippen LogP contribution in [0.2, 0.25) is 0 Å². The highest BCUT2D eigenvalue weighted by Gasteiger charge is 2.41. The number of alkyl halides is 3. The van der Waals surface area contributed by atoms with Crippen LogP contribution >= 0.6 is 0 Å². The molecule has 2 aliphatic heterocycles. The van der Waals surface area contributed by atoms with Crippen molar-refractivity contribution >= 4 is 5.91 Å². The second kappa shape index (κ2) is 9.21. The van der Waals surface area contributed by atoms with Gasteiger partial charge >= 0.3 is 6.18 Å². The first-order valence-electron chi connectivity index (χ1n) is 10.8. The molecule has 32 heavy (non-hydrogen) atoms. The Bertz CT molecular complexity index is 962. The van der Waals surface area contributed by atoms with E-state index >= 15 is 0 Å². The molecule has 0 bridgehead atoms. The lowest BCUT2D eigenvalue weighted by Crippen LogP contribution is -2.46. The van der Waals surface area contributed by atoms with Crippen LogP contribution in [0.25, 0.3) is 0 Å². The molecule has 7 nitrogen and oxygen atoms in total. The van der Waals surface area contributed by atoms with E-state index in [0.717, 1.165) is 13.0 Å². The number of aliphatic hydroxyl groups excluding tert-OH is 2. The summed E-state index contributed by atoms with van der Waals surface area (Å²) in [5.74, 6) is -1.59. The number of amides is 1. The lowest BCUT2D eigenvalue weighted by molar-refractivity contribution is -0.182. The van der Waals surface area contributed by atoms with Crippen molar-refractivity contribution in [2.75, 3.05) is 19.6 Å². The van der Waals surface area contributed by atoms with Gasteiger partial charge in [-0.05, 0) is 24.0 Å². The van der Waals surface area contributed by atoms with Gasteiger partial charge in [0.1, 0.15) is 11.5 Å². The van der Waals surface area contributed by atoms with Crippen molar-refractivity contribution in [1.82, 2.24) is 19.8 Å². The van der Waals surface area contributed by atoms with Gasteiger partial charge in [-0.1, -0.05) is 24.3 Å². The Morgan fingerprint density at radius 1 is 1.19 bits per heavy atom. The monoisotopic (exact) mass is 452 g/mol. The van der Waals surface area contributed by atoms with E-state index in [1.165, 1.54) is 21.9 Å². The fourth-order valence-electron chi connectivity index (χ4n) is 4.34. The summed E-state index contributed by atoms with van der Waals surface area (Å²) in [6, 6.07) is 8.11. The topological polar surface area (TPSA) is 90.6 Å². The Kier molecular flexibility index (Phi) is 6.55. The predicted molar refractivity (Wildman–Crippen MR) is 110 cm³/mol. The van der Waals surface area contributed by atoms with Crippen LogP contribution in [0.3, 0.4) is 0 Å². The van der Waals surface area contributed by atoms with Crippen molar-refractivity contribution in [3.63, 3.8) is 0 Å². The van der Waals surface area contributed by atoms with E-state index in [4.69, 9.17) is 0 Å². The highest BCUT2D eigenvalue weighted by molar-refractivity contribution is 5.92. The number of fused-ring (bicyclic) bond motifs is 2. The lowest BCUT2D eigenvalue weighted by Gasteiger charge is -2.31. The molecule has 4 rings (SSSR count). The van der Waals surface area contributed by atoms with Crippen molar-refractivity contribution in [3.05, 3.63) is 53.1 Å². The number of imidazole rings is 1. The quantitative estimate of drug-likeness (QED) is 0.618. The van der Waals surface area contributed by atoms with Crippen LogP contribution in [-0.4, -0.2) is 68.6 Å². The van der Waals surface area contributed by atoms with Crippen LogP contribution in [0.1, 0.15) is 33.9 Å². The maximum absolute atomic E-state index is 13.0. The highest BCUT2D eigenvalue weighted by Crippen LogP contribution is 2.34. The van der Waals surface area contributed by atoms with Crippen LogP contribution in [0.5, 0.6) is 0 Å². The number of halogens is 3. The van der Waals surface area contributed by atoms with Gasteiger partial charge in [0.2, 0.25) is 0 Å². The average Bonchev–Trinajstić information content (AvgIpc) is 3.20. The maximum Gasteiger partial charge on any atom is 0.393 e. The molecule has 1 amide bonds. The second-order valence-electron chi connectivity index (χ2n) is 8.57. The van der Waals surface area contributed by atoms with Gasteiger partial charge in [0.15, 0.2) is 0 Å². The standard InChI is InChI=1S/C22H27F3N4O3/c23-22(24,25)16-5-6-20-27-17(12-29(20)11-16)21(32)26-9-18(30)19(31)13-28-8-7-14-3-1-2-4-15(14)10-28/h1-4,12,16,18-19,30-31H,5-11,13H2,(H,26,32)/t16?,18-,19-/m0/s1. The summed E-state index contributed by atoms with van der Waals surface area (Å²) >= 11 is 0. The molecule has 1 aromatic heterocycles. The Balaban J connectivity index is 1.27. The Labute approximate surface area is 183 Å². The molecule has 2 aliphatic rings. The van der Waals surface area contributed by atoms with Gasteiger partial charge in [-0.15, -0.1) is 0 Å². The molecule has 174 valence electrons. The Morgan fingerprint density at radius 2 is 1.94 bits per heavy atom. The molecule has 1 unspecified atom stereocenters. The summed E-state index contributed by atoms with van der Waals surface area (Å²) in [6.07, 6.45) is -4.22. The van der Waals surface area contributed by atoms with E-state index < -0.39 is 30.2 Å². The smallest absolute Gasteiger partial charge is 0.389 e. The van der Waals surface area contributed by atoms with E-state index in [2.05, 4.69) is 21.3 Å². The molecule has 0 aliphatic carbocycles. The third-order valence-electron chi connectivity index (χ3n) is 6.26. The minimum Gasteiger partial charge on any atom is -0.389 e. The molecule has 0 saturated heterocycles. The van der Waals surface area contributed by atoms with Crippen LogP contribution in [0.15, 0.2) is 30.5 Å². The summed E-state index contributed by atoms with van der Waals surface area (Å²) in [6.45, 7) is 1.29. The van der Waals surface area contributed by atoms with Gasteiger partial charge in [0.05, 0.1) is 18.1 Å². The normalized spacial score (nSPS) is 20.8. The SMILES string of the molecule is O=C(NC[C@H](O)[C@@H](O)CN1CCc2ccccc2C1)c1cn2c(n1)CCC(C(F)(F)F)C2. The van der Waals surface area contributed by atoms with E-state index in [1.54, 1.807) is 0 Å². The largest absolute Gasteiger partial charge is 0.393 e. The molecule has 1 aromatic carbocycles. The third kappa shape index (κ3) is 5.13. The van der Waals surface area contributed by atoms with Crippen molar-refractivity contribution in [2.45, 2.75) is 50.7 Å². The summed E-state index contributed by atoms with van der Waals surface area (Å²) in [7, 11) is 0. The van der Waals surface area contributed by atoms with Crippen molar-refractivity contribution in [1.29, 1.82) is 0 Å². The number of aromatic nitrogens is 2. The van der Waals surface area contributed by atoms with Gasteiger partial charge in [-0.25, -0.2) is 4.98 Å². The zero-order valence-electron chi connectivity index (χ0n) is 17.6. The molecule has 10 heteroatoms. The first-order chi connectivity index (χ1) is 15.2. The number of hydrogen-bond acceptors (Lipinski definition) is 5. The van der Waals surface area contributed by atoms with E-state index in [-0.39, 0.29) is 38.2 Å². The number of β-amino-alcohol motifs (C(OH)–C–C–N with tert-alkyl or cyclic N) is 1. The Morgan fingerprint density at radius 3 is 2.69 bits per heavy atom. The maximum atomic E-state index is 13.0. The van der Waals surface area contributed by atoms with Crippen LogP contribution < -0.4 is 5.32 Å². The predicted octanol–water partition coefficient (Wildman–Crippen LogP) is 1.52. The molecule has 0 saturated carbocycles. The van der Waals surface area contributed by atoms with Crippen LogP contribution in [0, 0.1) is 5.92 Å².